The fourth-order valence-corrected chi connectivity index (χ4v) is 7.09. The summed E-state index contributed by atoms with van der Waals surface area (Å²) in [4.78, 5) is 41.5. The summed E-state index contributed by atoms with van der Waals surface area (Å²) < 4.78 is 92.6. The molecule has 0 spiro atoms. The normalized spacial score (nSPS) is 38.0. The van der Waals surface area contributed by atoms with Gasteiger partial charge in [0.1, 0.15) is 48.1 Å². The number of aromatic nitrogens is 7. The van der Waals surface area contributed by atoms with E-state index in [1.165, 1.54) is 34.1 Å². The van der Waals surface area contributed by atoms with Gasteiger partial charge in [-0.25, -0.2) is 38.3 Å². The quantitative estimate of drug-likeness (QED) is 0.216. The van der Waals surface area contributed by atoms with Crippen LogP contribution >= 0.6 is 15.4 Å². The molecule has 4 unspecified atom stereocenters. The Labute approximate surface area is 250 Å². The number of alkyl halides is 2. The maximum absolute atomic E-state index is 15.8. The Morgan fingerprint density at radius 1 is 0.844 bits per heavy atom. The minimum atomic E-state index is -5.17. The van der Waals surface area contributed by atoms with Crippen molar-refractivity contribution in [2.45, 2.75) is 49.2 Å². The molecule has 3 aliphatic heterocycles. The molecule has 3 aliphatic rings. The van der Waals surface area contributed by atoms with Crippen molar-refractivity contribution in [3.8, 4) is 0 Å². The van der Waals surface area contributed by atoms with Crippen LogP contribution in [-0.2, 0) is 36.9 Å². The third-order valence-electron chi connectivity index (χ3n) is 7.48. The third-order valence-corrected chi connectivity index (χ3v) is 9.50. The zero-order valence-corrected chi connectivity index (χ0v) is 24.5. The maximum atomic E-state index is 15.8. The van der Waals surface area contributed by atoms with Crippen LogP contribution in [0.4, 0.5) is 20.3 Å². The predicted molar refractivity (Wildman–Crippen MR) is 145 cm³/mol. The van der Waals surface area contributed by atoms with E-state index >= 15 is 8.78 Å². The van der Waals surface area contributed by atoms with Crippen molar-refractivity contribution in [3.63, 3.8) is 0 Å². The summed E-state index contributed by atoms with van der Waals surface area (Å²) in [5.74, 6) is -0.00498. The van der Waals surface area contributed by atoms with Crippen molar-refractivity contribution in [2.24, 2.45) is 0 Å². The molecule has 0 radical (unpaired) electrons. The molecule has 23 heteroatoms. The van der Waals surface area contributed by atoms with Gasteiger partial charge in [0.25, 0.3) is 0 Å². The van der Waals surface area contributed by atoms with Crippen LogP contribution in [0.3, 0.4) is 0 Å². The summed E-state index contributed by atoms with van der Waals surface area (Å²) in [7, 11) is -9.85. The van der Waals surface area contributed by atoms with Gasteiger partial charge in [-0.1, -0.05) is 0 Å². The van der Waals surface area contributed by atoms with Crippen molar-refractivity contribution in [1.82, 2.24) is 34.1 Å². The zero-order valence-electron chi connectivity index (χ0n) is 22.7. The molecule has 4 bridgehead atoms. The van der Waals surface area contributed by atoms with Gasteiger partial charge in [-0.05, 0) is 6.07 Å². The molecule has 4 aromatic heterocycles. The minimum absolute atomic E-state index is 0.00498. The van der Waals surface area contributed by atoms with Gasteiger partial charge in [0, 0.05) is 6.20 Å². The van der Waals surface area contributed by atoms with E-state index in [0.717, 1.165) is 6.33 Å². The fourth-order valence-electron chi connectivity index (χ4n) is 5.35. The number of phosphoric ester groups is 1. The Morgan fingerprint density at radius 2 is 1.47 bits per heavy atom. The molecule has 10 atom stereocenters. The number of anilines is 2. The van der Waals surface area contributed by atoms with Crippen LogP contribution in [0.5, 0.6) is 0 Å². The first-order chi connectivity index (χ1) is 21.4. The number of hydrogen-bond acceptors (Lipinski definition) is 15. The van der Waals surface area contributed by atoms with Crippen LogP contribution in [0, 0.1) is 0 Å². The fraction of sp³-hybridized carbons (Fsp3) is 0.500. The Kier molecular flexibility index (Phi) is 7.59. The third kappa shape index (κ3) is 5.48. The summed E-state index contributed by atoms with van der Waals surface area (Å²) in [5.41, 5.74) is 12.7. The molecule has 0 aromatic carbocycles. The summed E-state index contributed by atoms with van der Waals surface area (Å²) in [5, 5.41) is 0. The number of phosphoric acid groups is 1. The lowest BCUT2D eigenvalue weighted by molar-refractivity contribution is -0.0654. The topological polar surface area (TPSA) is 256 Å². The smallest absolute Gasteiger partial charge is 0.397 e. The lowest BCUT2D eigenvalue weighted by atomic mass is 10.1. The molecular weight excluding hydrogens is 650 g/mol. The Balaban J connectivity index is 1.21. The Morgan fingerprint density at radius 3 is 2.20 bits per heavy atom. The van der Waals surface area contributed by atoms with Gasteiger partial charge in [0.2, 0.25) is 0 Å². The number of ether oxygens (including phenoxy) is 3. The number of rotatable bonds is 2. The highest BCUT2D eigenvalue weighted by molar-refractivity contribution is 7.52. The lowest BCUT2D eigenvalue weighted by Gasteiger charge is -2.24. The molecule has 0 saturated carbocycles. The number of fused-ring (bicyclic) bond motifs is 6. The van der Waals surface area contributed by atoms with E-state index in [1.807, 2.05) is 0 Å². The van der Waals surface area contributed by atoms with Gasteiger partial charge < -0.3 is 40.0 Å². The van der Waals surface area contributed by atoms with Gasteiger partial charge >= 0.3 is 15.4 Å². The second-order valence-corrected chi connectivity index (χ2v) is 13.6. The molecule has 7 heterocycles. The Bertz CT molecular complexity index is 1850. The van der Waals surface area contributed by atoms with E-state index in [4.69, 9.17) is 39.2 Å². The van der Waals surface area contributed by atoms with E-state index in [-0.39, 0.29) is 33.8 Å². The molecular formula is C22H25F2N9O10P2. The monoisotopic (exact) mass is 675 g/mol. The molecule has 0 aliphatic carbocycles. The molecule has 0 amide bonds. The lowest BCUT2D eigenvalue weighted by Crippen LogP contribution is -2.33. The van der Waals surface area contributed by atoms with E-state index in [2.05, 4.69) is 24.9 Å². The van der Waals surface area contributed by atoms with Crippen LogP contribution in [0.2, 0.25) is 0 Å². The summed E-state index contributed by atoms with van der Waals surface area (Å²) in [6, 6.07) is 1.50. The van der Waals surface area contributed by atoms with Crippen LogP contribution in [0.1, 0.15) is 12.5 Å². The number of pyridine rings is 1. The Hall–Kier alpha value is -3.23. The van der Waals surface area contributed by atoms with Crippen molar-refractivity contribution in [1.29, 1.82) is 0 Å². The first kappa shape index (κ1) is 30.4. The second kappa shape index (κ2) is 11.2. The first-order valence-electron chi connectivity index (χ1n) is 13.3. The average molecular weight is 675 g/mol. The standard InChI is InChI=1S/C22H25F2N9O10P2/c23-12-11-4-40-45(36,37)43-17-13(24)10(42-22(17)33-7-31-15-18(26)28-5-29-20(15)33)3-39-44(34,35)8-38-16(12)21(41-11)32-6-30-14-9(25)1-2-27-19(14)32/h1-2,5-7,10-13,16-17,21-22H,3-4,8H2,(H2,25,27)(H,34,35)(H,36,37)(H2,26,28,29)/t10-,11-,12?,13?,16+,17+,21-,22-/m1/s1. The number of imidazole rings is 2. The van der Waals surface area contributed by atoms with Crippen molar-refractivity contribution >= 4 is 49.3 Å². The van der Waals surface area contributed by atoms with Crippen molar-refractivity contribution in [2.75, 3.05) is 31.0 Å². The molecule has 6 N–H and O–H groups in total. The minimum Gasteiger partial charge on any atom is -0.397 e. The van der Waals surface area contributed by atoms with Gasteiger partial charge in [-0.3, -0.25) is 22.7 Å². The highest BCUT2D eigenvalue weighted by Gasteiger charge is 2.53. The van der Waals surface area contributed by atoms with Crippen molar-refractivity contribution < 1.29 is 55.5 Å². The SMILES string of the molecule is Nc1ccnc2c1ncn2[C@@H]1O[C@@H]2COP(=O)(O)O[C@H]3C(F)[C@@H](COP(=O)(O)CO[C@H]1C2F)O[C@H]3n1cnc2c(N)ncnc21. The average Bonchev–Trinajstić information content (AvgIpc) is 3.75. The van der Waals surface area contributed by atoms with E-state index in [1.54, 1.807) is 0 Å². The summed E-state index contributed by atoms with van der Waals surface area (Å²) in [6.07, 6.45) is -9.89. The maximum Gasteiger partial charge on any atom is 0.472 e. The first-order valence-corrected chi connectivity index (χ1v) is 16.5. The van der Waals surface area contributed by atoms with Gasteiger partial charge in [-0.2, -0.15) is 0 Å². The van der Waals surface area contributed by atoms with E-state index in [0.29, 0.717) is 0 Å². The zero-order chi connectivity index (χ0) is 31.7. The molecule has 4 aromatic rings. The number of hydrogen-bond donors (Lipinski definition) is 4. The number of halogens is 2. The molecule has 3 fully saturated rings. The number of nitrogens with zero attached hydrogens (tertiary/aromatic N) is 7. The van der Waals surface area contributed by atoms with Gasteiger partial charge in [0.05, 0.1) is 31.6 Å². The van der Waals surface area contributed by atoms with Crippen LogP contribution in [0.25, 0.3) is 22.3 Å². The van der Waals surface area contributed by atoms with E-state index in [9.17, 15) is 18.9 Å². The number of nitrogens with two attached hydrogens (primary N) is 2. The second-order valence-electron chi connectivity index (χ2n) is 10.4. The van der Waals surface area contributed by atoms with Gasteiger partial charge in [-0.15, -0.1) is 0 Å². The highest BCUT2D eigenvalue weighted by atomic mass is 31.2. The highest BCUT2D eigenvalue weighted by Crippen LogP contribution is 2.52. The van der Waals surface area contributed by atoms with Gasteiger partial charge in [0.15, 0.2) is 41.9 Å². The molecule has 3 saturated heterocycles. The largest absolute Gasteiger partial charge is 0.472 e. The van der Waals surface area contributed by atoms with Crippen molar-refractivity contribution in [3.05, 3.63) is 31.2 Å². The molecule has 45 heavy (non-hydrogen) atoms. The van der Waals surface area contributed by atoms with Crippen LogP contribution in [0.15, 0.2) is 31.2 Å². The van der Waals surface area contributed by atoms with Crippen LogP contribution in [-0.4, -0.2) is 100 Å². The van der Waals surface area contributed by atoms with Crippen LogP contribution < -0.4 is 11.5 Å². The predicted octanol–water partition coefficient (Wildman–Crippen LogP) is 0.967. The summed E-state index contributed by atoms with van der Waals surface area (Å²) >= 11 is 0. The molecule has 19 nitrogen and oxygen atoms in total. The van der Waals surface area contributed by atoms with E-state index < -0.39 is 84.2 Å². The molecule has 7 rings (SSSR count). The molecule has 242 valence electrons. The number of nitrogen functional groups attached to an aromatic ring is 2. The summed E-state index contributed by atoms with van der Waals surface area (Å²) in [6.45, 7) is -1.71.